The van der Waals surface area contributed by atoms with Gasteiger partial charge in [0.05, 0.1) is 5.92 Å². The Morgan fingerprint density at radius 1 is 1.08 bits per heavy atom. The number of hydrogen-bond acceptors (Lipinski definition) is 2. The minimum Gasteiger partial charge on any atom is -0.352 e. The molecule has 0 unspecified atom stereocenters. The molecule has 25 heavy (non-hydrogen) atoms. The lowest BCUT2D eigenvalue weighted by molar-refractivity contribution is -0.126. The Balaban J connectivity index is 1.62. The van der Waals surface area contributed by atoms with Crippen molar-refractivity contribution in [2.24, 2.45) is 5.92 Å². The van der Waals surface area contributed by atoms with Crippen molar-refractivity contribution >= 4 is 17.5 Å². The fraction of sp³-hybridized carbons (Fsp3) is 0.333. The van der Waals surface area contributed by atoms with Gasteiger partial charge in [0.1, 0.15) is 0 Å². The molecule has 0 aromatic heterocycles. The van der Waals surface area contributed by atoms with Crippen LogP contribution in [0.3, 0.4) is 0 Å². The second-order valence-corrected chi connectivity index (χ2v) is 6.88. The van der Waals surface area contributed by atoms with Crippen LogP contribution in [-0.4, -0.2) is 18.4 Å². The molecule has 0 bridgehead atoms. The van der Waals surface area contributed by atoms with E-state index >= 15 is 0 Å². The van der Waals surface area contributed by atoms with Crippen molar-refractivity contribution in [3.63, 3.8) is 0 Å². The van der Waals surface area contributed by atoms with Crippen LogP contribution in [0.5, 0.6) is 0 Å². The molecule has 0 aliphatic carbocycles. The summed E-state index contributed by atoms with van der Waals surface area (Å²) in [5, 5.41) is 2.96. The van der Waals surface area contributed by atoms with Crippen LogP contribution < -0.4 is 10.2 Å². The lowest BCUT2D eigenvalue weighted by Crippen LogP contribution is -2.32. The fourth-order valence-electron chi connectivity index (χ4n) is 3.07. The first-order valence-electron chi connectivity index (χ1n) is 8.65. The van der Waals surface area contributed by atoms with E-state index in [2.05, 4.69) is 5.32 Å². The first-order chi connectivity index (χ1) is 11.9. The Morgan fingerprint density at radius 2 is 1.80 bits per heavy atom. The molecule has 2 aromatic rings. The predicted molar refractivity (Wildman–Crippen MR) is 99.4 cm³/mol. The van der Waals surface area contributed by atoms with Gasteiger partial charge in [-0.1, -0.05) is 35.9 Å². The van der Waals surface area contributed by atoms with Crippen molar-refractivity contribution in [1.29, 1.82) is 0 Å². The molecule has 1 fully saturated rings. The highest BCUT2D eigenvalue weighted by Gasteiger charge is 2.35. The molecule has 1 saturated heterocycles. The van der Waals surface area contributed by atoms with Crippen molar-refractivity contribution in [1.82, 2.24) is 5.32 Å². The number of rotatable bonds is 4. The molecule has 1 aliphatic heterocycles. The second kappa shape index (κ2) is 7.09. The standard InChI is InChI=1S/C21H24N2O2/c1-14-4-7-17(8-5-14)12-22-21(25)18-11-20(24)23(13-18)19-9-6-15(2)16(3)10-19/h4-10,18H,11-13H2,1-3H3,(H,22,25)/t18-/m1/s1. The monoisotopic (exact) mass is 336 g/mol. The van der Waals surface area contributed by atoms with Crippen LogP contribution in [0, 0.1) is 26.7 Å². The van der Waals surface area contributed by atoms with E-state index in [0.717, 1.165) is 16.8 Å². The lowest BCUT2D eigenvalue weighted by atomic mass is 10.1. The van der Waals surface area contributed by atoms with Gasteiger partial charge in [0, 0.05) is 25.2 Å². The highest BCUT2D eigenvalue weighted by atomic mass is 16.2. The molecule has 1 heterocycles. The third-order valence-corrected chi connectivity index (χ3v) is 4.89. The molecule has 4 heteroatoms. The molecule has 1 aliphatic rings. The summed E-state index contributed by atoms with van der Waals surface area (Å²) in [6.07, 6.45) is 0.270. The smallest absolute Gasteiger partial charge is 0.227 e. The summed E-state index contributed by atoms with van der Waals surface area (Å²) in [6, 6.07) is 14.1. The minimum absolute atomic E-state index is 0.0127. The largest absolute Gasteiger partial charge is 0.352 e. The van der Waals surface area contributed by atoms with Gasteiger partial charge in [0.2, 0.25) is 11.8 Å². The summed E-state index contributed by atoms with van der Waals surface area (Å²) in [4.78, 5) is 26.5. The fourth-order valence-corrected chi connectivity index (χ4v) is 3.07. The Morgan fingerprint density at radius 3 is 2.48 bits per heavy atom. The molecule has 0 saturated carbocycles. The van der Waals surface area contributed by atoms with Gasteiger partial charge in [-0.2, -0.15) is 0 Å². The van der Waals surface area contributed by atoms with E-state index in [4.69, 9.17) is 0 Å². The van der Waals surface area contributed by atoms with E-state index < -0.39 is 0 Å². The minimum atomic E-state index is -0.292. The Bertz CT molecular complexity index is 796. The third kappa shape index (κ3) is 3.90. The highest BCUT2D eigenvalue weighted by Crippen LogP contribution is 2.27. The molecular formula is C21H24N2O2. The molecule has 130 valence electrons. The van der Waals surface area contributed by atoms with Crippen molar-refractivity contribution in [3.05, 3.63) is 64.7 Å². The van der Waals surface area contributed by atoms with Gasteiger partial charge in [-0.15, -0.1) is 0 Å². The lowest BCUT2D eigenvalue weighted by Gasteiger charge is -2.18. The zero-order valence-corrected chi connectivity index (χ0v) is 15.0. The van der Waals surface area contributed by atoms with Gasteiger partial charge in [-0.3, -0.25) is 9.59 Å². The molecule has 1 N–H and O–H groups in total. The van der Waals surface area contributed by atoms with E-state index in [9.17, 15) is 9.59 Å². The van der Waals surface area contributed by atoms with Crippen molar-refractivity contribution in [2.75, 3.05) is 11.4 Å². The van der Waals surface area contributed by atoms with Crippen LogP contribution in [0.2, 0.25) is 0 Å². The van der Waals surface area contributed by atoms with E-state index in [0.29, 0.717) is 13.1 Å². The number of amides is 2. The number of carbonyl (C=O) groups is 2. The maximum atomic E-state index is 12.4. The first-order valence-corrected chi connectivity index (χ1v) is 8.65. The van der Waals surface area contributed by atoms with Crippen LogP contribution in [0.1, 0.15) is 28.7 Å². The number of nitrogens with zero attached hydrogens (tertiary/aromatic N) is 1. The van der Waals surface area contributed by atoms with E-state index in [1.165, 1.54) is 11.1 Å². The van der Waals surface area contributed by atoms with Crippen LogP contribution in [0.15, 0.2) is 42.5 Å². The Labute approximate surface area is 148 Å². The maximum Gasteiger partial charge on any atom is 0.227 e. The second-order valence-electron chi connectivity index (χ2n) is 6.88. The van der Waals surface area contributed by atoms with Gasteiger partial charge >= 0.3 is 0 Å². The first kappa shape index (κ1) is 17.2. The number of hydrogen-bond donors (Lipinski definition) is 1. The summed E-state index contributed by atoms with van der Waals surface area (Å²) in [5.74, 6) is -0.335. The molecule has 2 amide bonds. The quantitative estimate of drug-likeness (QED) is 0.931. The summed E-state index contributed by atoms with van der Waals surface area (Å²) < 4.78 is 0. The normalized spacial score (nSPS) is 17.0. The zero-order chi connectivity index (χ0) is 18.0. The average molecular weight is 336 g/mol. The summed E-state index contributed by atoms with van der Waals surface area (Å²) in [7, 11) is 0. The topological polar surface area (TPSA) is 49.4 Å². The van der Waals surface area contributed by atoms with Crippen LogP contribution in [0.4, 0.5) is 5.69 Å². The highest BCUT2D eigenvalue weighted by molar-refractivity contribution is 6.00. The number of aryl methyl sites for hydroxylation is 3. The number of benzene rings is 2. The van der Waals surface area contributed by atoms with Gasteiger partial charge in [-0.25, -0.2) is 0 Å². The van der Waals surface area contributed by atoms with Gasteiger partial charge in [0.15, 0.2) is 0 Å². The van der Waals surface area contributed by atoms with Gasteiger partial charge < -0.3 is 10.2 Å². The summed E-state index contributed by atoms with van der Waals surface area (Å²) in [5.41, 5.74) is 5.48. The number of carbonyl (C=O) groups excluding carboxylic acids is 2. The van der Waals surface area contributed by atoms with Crippen LogP contribution in [-0.2, 0) is 16.1 Å². The molecular weight excluding hydrogens is 312 g/mol. The van der Waals surface area contributed by atoms with Crippen molar-refractivity contribution < 1.29 is 9.59 Å². The molecule has 2 aromatic carbocycles. The van der Waals surface area contributed by atoms with Gasteiger partial charge in [-0.05, 0) is 49.6 Å². The van der Waals surface area contributed by atoms with Crippen molar-refractivity contribution in [2.45, 2.75) is 33.7 Å². The van der Waals surface area contributed by atoms with Crippen LogP contribution >= 0.6 is 0 Å². The van der Waals surface area contributed by atoms with Crippen LogP contribution in [0.25, 0.3) is 0 Å². The summed E-state index contributed by atoms with van der Waals surface area (Å²) in [6.45, 7) is 7.06. The third-order valence-electron chi connectivity index (χ3n) is 4.89. The summed E-state index contributed by atoms with van der Waals surface area (Å²) >= 11 is 0. The van der Waals surface area contributed by atoms with Crippen molar-refractivity contribution in [3.8, 4) is 0 Å². The Kier molecular flexibility index (Phi) is 4.88. The van der Waals surface area contributed by atoms with E-state index in [-0.39, 0.29) is 24.2 Å². The van der Waals surface area contributed by atoms with Gasteiger partial charge in [0.25, 0.3) is 0 Å². The molecule has 4 nitrogen and oxygen atoms in total. The number of nitrogens with one attached hydrogen (secondary N) is 1. The zero-order valence-electron chi connectivity index (χ0n) is 15.0. The SMILES string of the molecule is Cc1ccc(CNC(=O)[C@@H]2CC(=O)N(c3ccc(C)c(C)c3)C2)cc1. The molecule has 3 rings (SSSR count). The Hall–Kier alpha value is -2.62. The maximum absolute atomic E-state index is 12.4. The molecule has 1 atom stereocenters. The van der Waals surface area contributed by atoms with E-state index in [1.807, 2.05) is 63.2 Å². The molecule has 0 radical (unpaired) electrons. The molecule has 0 spiro atoms. The average Bonchev–Trinajstić information content (AvgIpc) is 2.98. The van der Waals surface area contributed by atoms with E-state index in [1.54, 1.807) is 4.90 Å². The number of anilines is 1. The predicted octanol–water partition coefficient (Wildman–Crippen LogP) is 3.28.